The van der Waals surface area contributed by atoms with Gasteiger partial charge in [0, 0.05) is 61.8 Å². The van der Waals surface area contributed by atoms with Gasteiger partial charge >= 0.3 is 11.7 Å². The van der Waals surface area contributed by atoms with Gasteiger partial charge < -0.3 is 28.7 Å². The summed E-state index contributed by atoms with van der Waals surface area (Å²) in [6.07, 6.45) is 8.90. The molecule has 220 valence electrons. The fourth-order valence-corrected chi connectivity index (χ4v) is 6.34. The first kappa shape index (κ1) is 27.0. The van der Waals surface area contributed by atoms with E-state index in [0.29, 0.717) is 30.0 Å². The van der Waals surface area contributed by atoms with Crippen LogP contribution in [0.4, 0.5) is 10.6 Å². The highest BCUT2D eigenvalue weighted by Gasteiger charge is 2.45. The fourth-order valence-electron chi connectivity index (χ4n) is 6.34. The van der Waals surface area contributed by atoms with Gasteiger partial charge in [-0.15, -0.1) is 0 Å². The predicted octanol–water partition coefficient (Wildman–Crippen LogP) is 4.89. The Kier molecular flexibility index (Phi) is 6.76. The molecule has 10 nitrogen and oxygen atoms in total. The molecule has 1 spiro atoms. The number of aryl methyl sites for hydroxylation is 1. The molecular weight excluding hydrogens is 544 g/mol. The summed E-state index contributed by atoms with van der Waals surface area (Å²) in [4.78, 5) is 39.3. The Labute approximate surface area is 248 Å². The summed E-state index contributed by atoms with van der Waals surface area (Å²) in [6, 6.07) is 15.7. The number of rotatable bonds is 7. The maximum absolute atomic E-state index is 13.2. The second-order valence-corrected chi connectivity index (χ2v) is 11.7. The highest BCUT2D eigenvalue weighted by molar-refractivity contribution is 5.83. The summed E-state index contributed by atoms with van der Waals surface area (Å²) < 4.78 is 13.8. The number of amides is 2. The van der Waals surface area contributed by atoms with E-state index in [0.717, 1.165) is 48.3 Å². The van der Waals surface area contributed by atoms with Gasteiger partial charge in [0.05, 0.1) is 24.3 Å². The van der Waals surface area contributed by atoms with Crippen LogP contribution in [0.15, 0.2) is 82.5 Å². The lowest BCUT2D eigenvalue weighted by molar-refractivity contribution is 0.214. The number of imidazole rings is 1. The van der Waals surface area contributed by atoms with E-state index < -0.39 is 5.63 Å². The van der Waals surface area contributed by atoms with Crippen LogP contribution in [-0.4, -0.2) is 57.1 Å². The number of ether oxygens (including phenoxy) is 1. The molecule has 2 aromatic carbocycles. The van der Waals surface area contributed by atoms with Crippen LogP contribution in [0, 0.1) is 6.92 Å². The largest absolute Gasteiger partial charge is 0.493 e. The molecule has 1 unspecified atom stereocenters. The Morgan fingerprint density at radius 1 is 1.05 bits per heavy atom. The minimum absolute atomic E-state index is 0.155. The highest BCUT2D eigenvalue weighted by atomic mass is 16.5. The molecule has 2 aliphatic rings. The molecule has 5 heterocycles. The Morgan fingerprint density at radius 2 is 1.81 bits per heavy atom. The van der Waals surface area contributed by atoms with Crippen LogP contribution in [0.5, 0.6) is 5.75 Å². The van der Waals surface area contributed by atoms with Gasteiger partial charge in [0.1, 0.15) is 11.3 Å². The minimum Gasteiger partial charge on any atom is -0.493 e. The number of aromatic nitrogens is 3. The number of anilines is 1. The van der Waals surface area contributed by atoms with E-state index in [4.69, 9.17) is 9.15 Å². The van der Waals surface area contributed by atoms with E-state index >= 15 is 0 Å². The van der Waals surface area contributed by atoms with Gasteiger partial charge in [-0.25, -0.2) is 19.6 Å². The standard InChI is InChI=1S/C33H34N6O4/c1-22(24-6-4-3-5-7-24)20-42-25-8-9-26-23(2)27(31(40)43-28(26)18-25)19-39-21-33(36-32(39)41)10-14-37(15-11-33)29-30-35-13-17-38(30)16-12-34-29/h3-9,12-13,16-18,22H,10-11,14-15,19-21H2,1-2H3,(H,36,41). The zero-order valence-electron chi connectivity index (χ0n) is 24.3. The van der Waals surface area contributed by atoms with Crippen molar-refractivity contribution < 1.29 is 13.9 Å². The van der Waals surface area contributed by atoms with Crippen LogP contribution in [-0.2, 0) is 6.54 Å². The quantitative estimate of drug-likeness (QED) is 0.274. The smallest absolute Gasteiger partial charge is 0.341 e. The lowest BCUT2D eigenvalue weighted by atomic mass is 9.88. The molecule has 2 amide bonds. The van der Waals surface area contributed by atoms with E-state index in [1.165, 1.54) is 5.56 Å². The van der Waals surface area contributed by atoms with Crippen LogP contribution in [0.2, 0.25) is 0 Å². The number of piperidine rings is 1. The van der Waals surface area contributed by atoms with Gasteiger partial charge in [0.15, 0.2) is 11.5 Å². The van der Waals surface area contributed by atoms with Crippen LogP contribution in [0.3, 0.4) is 0 Å². The number of nitrogens with zero attached hydrogens (tertiary/aromatic N) is 5. The Balaban J connectivity index is 1.03. The molecule has 0 bridgehead atoms. The summed E-state index contributed by atoms with van der Waals surface area (Å²) in [5, 5.41) is 4.07. The van der Waals surface area contributed by atoms with Gasteiger partial charge in [-0.05, 0) is 43.0 Å². The third-order valence-corrected chi connectivity index (χ3v) is 8.94. The van der Waals surface area contributed by atoms with Gasteiger partial charge in [-0.1, -0.05) is 37.3 Å². The van der Waals surface area contributed by atoms with Gasteiger partial charge in [-0.3, -0.25) is 0 Å². The molecule has 2 saturated heterocycles. The second-order valence-electron chi connectivity index (χ2n) is 11.7. The van der Waals surface area contributed by atoms with E-state index in [-0.39, 0.29) is 24.0 Å². The highest BCUT2D eigenvalue weighted by Crippen LogP contribution is 2.32. The summed E-state index contributed by atoms with van der Waals surface area (Å²) in [6.45, 7) is 6.77. The van der Waals surface area contributed by atoms with Crippen molar-refractivity contribution in [1.82, 2.24) is 24.6 Å². The molecule has 7 rings (SSSR count). The maximum Gasteiger partial charge on any atom is 0.341 e. The third kappa shape index (κ3) is 5.07. The Bertz CT molecular complexity index is 1860. The van der Waals surface area contributed by atoms with E-state index in [1.807, 2.05) is 54.0 Å². The number of carbonyl (C=O) groups excluding carboxylic acids is 1. The number of nitrogens with one attached hydrogen (secondary N) is 1. The van der Waals surface area contributed by atoms with Crippen molar-refractivity contribution in [3.05, 3.63) is 100 Å². The summed E-state index contributed by atoms with van der Waals surface area (Å²) >= 11 is 0. The molecule has 0 aliphatic carbocycles. The zero-order valence-corrected chi connectivity index (χ0v) is 24.3. The first-order valence-corrected chi connectivity index (χ1v) is 14.7. The SMILES string of the molecule is Cc1c(CN2CC3(CCN(c4nccn5ccnc45)CC3)NC2=O)c(=O)oc2cc(OCC(C)c3ccccc3)ccc12. The van der Waals surface area contributed by atoms with Crippen molar-refractivity contribution >= 4 is 28.5 Å². The fraction of sp³-hybridized carbons (Fsp3) is 0.333. The first-order valence-electron chi connectivity index (χ1n) is 14.7. The molecule has 2 aliphatic heterocycles. The molecule has 0 saturated carbocycles. The van der Waals surface area contributed by atoms with E-state index in [1.54, 1.807) is 23.4 Å². The summed E-state index contributed by atoms with van der Waals surface area (Å²) in [5.41, 5.74) is 3.06. The third-order valence-electron chi connectivity index (χ3n) is 8.94. The number of urea groups is 1. The van der Waals surface area contributed by atoms with Crippen LogP contribution < -0.4 is 20.6 Å². The predicted molar refractivity (Wildman–Crippen MR) is 164 cm³/mol. The summed E-state index contributed by atoms with van der Waals surface area (Å²) in [7, 11) is 0. The molecular formula is C33H34N6O4. The molecule has 1 atom stereocenters. The van der Waals surface area contributed by atoms with Crippen molar-refractivity contribution in [2.45, 2.75) is 44.7 Å². The normalized spacial score (nSPS) is 17.1. The first-order chi connectivity index (χ1) is 20.9. The molecule has 10 heteroatoms. The Hall–Kier alpha value is -4.86. The molecule has 43 heavy (non-hydrogen) atoms. The van der Waals surface area contributed by atoms with Gasteiger partial charge in [0.2, 0.25) is 0 Å². The number of benzene rings is 2. The maximum atomic E-state index is 13.2. The average Bonchev–Trinajstić information content (AvgIpc) is 3.62. The average molecular weight is 579 g/mol. The number of hydrogen-bond acceptors (Lipinski definition) is 7. The minimum atomic E-state index is -0.428. The molecule has 2 fully saturated rings. The van der Waals surface area contributed by atoms with Crippen molar-refractivity contribution in [1.29, 1.82) is 0 Å². The van der Waals surface area contributed by atoms with Crippen LogP contribution in [0.1, 0.15) is 42.4 Å². The van der Waals surface area contributed by atoms with Crippen molar-refractivity contribution in [2.75, 3.05) is 31.1 Å². The van der Waals surface area contributed by atoms with Gasteiger partial charge in [-0.2, -0.15) is 0 Å². The Morgan fingerprint density at radius 3 is 2.60 bits per heavy atom. The lowest BCUT2D eigenvalue weighted by Crippen LogP contribution is -2.52. The zero-order chi connectivity index (χ0) is 29.6. The van der Waals surface area contributed by atoms with Gasteiger partial charge in [0.25, 0.3) is 0 Å². The number of fused-ring (bicyclic) bond motifs is 2. The van der Waals surface area contributed by atoms with Crippen molar-refractivity contribution in [3.8, 4) is 5.75 Å². The number of carbonyl (C=O) groups is 1. The molecule has 3 aromatic heterocycles. The van der Waals surface area contributed by atoms with Crippen molar-refractivity contribution in [2.24, 2.45) is 0 Å². The monoisotopic (exact) mass is 578 g/mol. The molecule has 0 radical (unpaired) electrons. The summed E-state index contributed by atoms with van der Waals surface area (Å²) in [5.74, 6) is 1.72. The number of hydrogen-bond donors (Lipinski definition) is 1. The van der Waals surface area contributed by atoms with Crippen LogP contribution in [0.25, 0.3) is 16.6 Å². The molecule has 5 aromatic rings. The second kappa shape index (κ2) is 10.8. The van der Waals surface area contributed by atoms with Crippen molar-refractivity contribution in [3.63, 3.8) is 0 Å². The van der Waals surface area contributed by atoms with E-state index in [9.17, 15) is 9.59 Å². The lowest BCUT2D eigenvalue weighted by Gasteiger charge is -2.39. The van der Waals surface area contributed by atoms with E-state index in [2.05, 4.69) is 39.2 Å². The van der Waals surface area contributed by atoms with Crippen LogP contribution >= 0.6 is 0 Å². The molecule has 1 N–H and O–H groups in total. The topological polar surface area (TPSA) is 105 Å².